The summed E-state index contributed by atoms with van der Waals surface area (Å²) < 4.78 is 45.6. The van der Waals surface area contributed by atoms with Gasteiger partial charge in [-0.2, -0.15) is 23.4 Å². The number of alkyl halides is 3. The molecule has 0 spiro atoms. The molecule has 2 aliphatic rings. The van der Waals surface area contributed by atoms with Gasteiger partial charge < -0.3 is 4.74 Å². The van der Waals surface area contributed by atoms with Crippen molar-refractivity contribution in [1.82, 2.24) is 10.2 Å². The van der Waals surface area contributed by atoms with E-state index in [0.717, 1.165) is 30.2 Å². The summed E-state index contributed by atoms with van der Waals surface area (Å²) in [6.45, 7) is 6.64. The SMILES string of the molecule is COc1ccc(C(F)(F)F)c(-c2cc3c(nn2)[C@@]2(C)CC[C@@H]3C2(C)C)c1. The van der Waals surface area contributed by atoms with Crippen molar-refractivity contribution in [3.63, 3.8) is 0 Å². The first kappa shape index (κ1) is 17.3. The zero-order chi connectivity index (χ0) is 18.9. The average molecular weight is 362 g/mol. The summed E-state index contributed by atoms with van der Waals surface area (Å²) in [6.07, 6.45) is -2.39. The van der Waals surface area contributed by atoms with E-state index in [2.05, 4.69) is 31.0 Å². The van der Waals surface area contributed by atoms with E-state index in [1.165, 1.54) is 19.2 Å². The zero-order valence-corrected chi connectivity index (χ0v) is 15.2. The number of benzene rings is 1. The van der Waals surface area contributed by atoms with Crippen LogP contribution in [0.3, 0.4) is 0 Å². The Morgan fingerprint density at radius 3 is 2.50 bits per heavy atom. The Hall–Kier alpha value is -2.11. The van der Waals surface area contributed by atoms with Gasteiger partial charge in [0, 0.05) is 11.0 Å². The molecule has 2 aromatic rings. The van der Waals surface area contributed by atoms with Crippen molar-refractivity contribution in [1.29, 1.82) is 0 Å². The highest BCUT2D eigenvalue weighted by atomic mass is 19.4. The van der Waals surface area contributed by atoms with E-state index >= 15 is 0 Å². The van der Waals surface area contributed by atoms with Gasteiger partial charge in [0.2, 0.25) is 0 Å². The normalized spacial score (nSPS) is 26.0. The van der Waals surface area contributed by atoms with Crippen molar-refractivity contribution >= 4 is 0 Å². The monoisotopic (exact) mass is 362 g/mol. The summed E-state index contributed by atoms with van der Waals surface area (Å²) in [4.78, 5) is 0. The topological polar surface area (TPSA) is 35.0 Å². The number of ether oxygens (including phenoxy) is 1. The predicted molar refractivity (Wildman–Crippen MR) is 92.1 cm³/mol. The molecule has 4 rings (SSSR count). The third-order valence-corrected chi connectivity index (χ3v) is 6.76. The van der Waals surface area contributed by atoms with E-state index in [0.29, 0.717) is 11.7 Å². The van der Waals surface area contributed by atoms with Crippen molar-refractivity contribution in [3.8, 4) is 17.0 Å². The molecule has 1 fully saturated rings. The van der Waals surface area contributed by atoms with Gasteiger partial charge in [0.05, 0.1) is 24.1 Å². The van der Waals surface area contributed by atoms with Gasteiger partial charge in [-0.1, -0.05) is 20.8 Å². The maximum absolute atomic E-state index is 13.5. The first-order chi connectivity index (χ1) is 12.1. The fourth-order valence-corrected chi connectivity index (χ4v) is 4.81. The molecule has 138 valence electrons. The van der Waals surface area contributed by atoms with E-state index in [9.17, 15) is 13.2 Å². The quantitative estimate of drug-likeness (QED) is 0.723. The van der Waals surface area contributed by atoms with E-state index in [1.54, 1.807) is 0 Å². The second kappa shape index (κ2) is 5.21. The van der Waals surface area contributed by atoms with Crippen LogP contribution in [-0.4, -0.2) is 17.3 Å². The minimum absolute atomic E-state index is 0.0119. The van der Waals surface area contributed by atoms with Crippen LogP contribution in [-0.2, 0) is 11.6 Å². The number of hydrogen-bond acceptors (Lipinski definition) is 3. The minimum atomic E-state index is -4.47. The molecule has 0 N–H and O–H groups in total. The van der Waals surface area contributed by atoms with Gasteiger partial charge in [-0.3, -0.25) is 0 Å². The summed E-state index contributed by atoms with van der Waals surface area (Å²) in [5, 5.41) is 8.60. The van der Waals surface area contributed by atoms with E-state index < -0.39 is 11.7 Å². The fraction of sp³-hybridized carbons (Fsp3) is 0.500. The second-order valence-corrected chi connectivity index (χ2v) is 8.09. The molecule has 2 atom stereocenters. The number of methoxy groups -OCH3 is 1. The van der Waals surface area contributed by atoms with Crippen LogP contribution in [0.5, 0.6) is 5.75 Å². The summed E-state index contributed by atoms with van der Waals surface area (Å²) in [6, 6.07) is 5.56. The van der Waals surface area contributed by atoms with Crippen LogP contribution in [0, 0.1) is 5.41 Å². The number of fused-ring (bicyclic) bond motifs is 5. The summed E-state index contributed by atoms with van der Waals surface area (Å²) in [7, 11) is 1.43. The van der Waals surface area contributed by atoms with E-state index in [-0.39, 0.29) is 22.1 Å². The largest absolute Gasteiger partial charge is 0.497 e. The molecule has 1 aromatic carbocycles. The van der Waals surface area contributed by atoms with Gasteiger partial charge in [-0.25, -0.2) is 0 Å². The Balaban J connectivity index is 1.90. The Bertz CT molecular complexity index is 891. The average Bonchev–Trinajstić information content (AvgIpc) is 2.92. The minimum Gasteiger partial charge on any atom is -0.497 e. The number of rotatable bonds is 2. The maximum Gasteiger partial charge on any atom is 0.417 e. The van der Waals surface area contributed by atoms with Crippen LogP contribution in [0.2, 0.25) is 0 Å². The van der Waals surface area contributed by atoms with Crippen molar-refractivity contribution in [2.24, 2.45) is 5.41 Å². The standard InChI is InChI=1S/C20H21F3N2O/c1-18(2)14-7-8-19(18,3)17-13(14)10-16(24-25-17)12-9-11(26-4)5-6-15(12)20(21,22)23/h5-6,9-10,14H,7-8H2,1-4H3/t14-,19+/m0/s1. The lowest BCUT2D eigenvalue weighted by Crippen LogP contribution is -2.32. The molecular weight excluding hydrogens is 341 g/mol. The molecule has 2 bridgehead atoms. The number of halogens is 3. The molecule has 1 heterocycles. The number of nitrogens with zero attached hydrogens (tertiary/aromatic N) is 2. The Kier molecular flexibility index (Phi) is 3.47. The van der Waals surface area contributed by atoms with Gasteiger partial charge in [-0.05, 0) is 54.0 Å². The molecule has 3 nitrogen and oxygen atoms in total. The first-order valence-corrected chi connectivity index (χ1v) is 8.73. The van der Waals surface area contributed by atoms with Crippen molar-refractivity contribution in [2.45, 2.75) is 51.1 Å². The van der Waals surface area contributed by atoms with Gasteiger partial charge in [-0.15, -0.1) is 0 Å². The number of aromatic nitrogens is 2. The molecule has 1 aromatic heterocycles. The first-order valence-electron chi connectivity index (χ1n) is 8.73. The van der Waals surface area contributed by atoms with Crippen molar-refractivity contribution in [2.75, 3.05) is 7.11 Å². The molecule has 0 aliphatic heterocycles. The second-order valence-electron chi connectivity index (χ2n) is 8.09. The fourth-order valence-electron chi connectivity index (χ4n) is 4.81. The molecule has 0 unspecified atom stereocenters. The molecule has 0 saturated heterocycles. The molecule has 1 saturated carbocycles. The van der Waals surface area contributed by atoms with E-state index in [1.807, 2.05) is 6.07 Å². The third-order valence-electron chi connectivity index (χ3n) is 6.76. The van der Waals surface area contributed by atoms with Crippen LogP contribution < -0.4 is 4.74 Å². The lowest BCUT2D eigenvalue weighted by Gasteiger charge is -2.33. The van der Waals surface area contributed by atoms with Gasteiger partial charge >= 0.3 is 6.18 Å². The predicted octanol–water partition coefficient (Wildman–Crippen LogP) is 5.35. The van der Waals surface area contributed by atoms with Crippen LogP contribution >= 0.6 is 0 Å². The molecular formula is C20H21F3N2O. The Morgan fingerprint density at radius 2 is 1.85 bits per heavy atom. The Labute approximate surface area is 150 Å². The third kappa shape index (κ3) is 2.14. The Morgan fingerprint density at radius 1 is 1.12 bits per heavy atom. The summed E-state index contributed by atoms with van der Waals surface area (Å²) in [5.74, 6) is 0.667. The van der Waals surface area contributed by atoms with Gasteiger partial charge in [0.15, 0.2) is 0 Å². The van der Waals surface area contributed by atoms with Gasteiger partial charge in [0.1, 0.15) is 5.75 Å². The van der Waals surface area contributed by atoms with Crippen molar-refractivity contribution in [3.05, 3.63) is 41.1 Å². The molecule has 0 amide bonds. The molecule has 6 heteroatoms. The van der Waals surface area contributed by atoms with Crippen molar-refractivity contribution < 1.29 is 17.9 Å². The molecule has 0 radical (unpaired) electrons. The highest BCUT2D eigenvalue weighted by Gasteiger charge is 2.60. The summed E-state index contributed by atoms with van der Waals surface area (Å²) >= 11 is 0. The maximum atomic E-state index is 13.5. The van der Waals surface area contributed by atoms with Crippen LogP contribution in [0.15, 0.2) is 24.3 Å². The number of hydrogen-bond donors (Lipinski definition) is 0. The van der Waals surface area contributed by atoms with Gasteiger partial charge in [0.25, 0.3) is 0 Å². The molecule has 26 heavy (non-hydrogen) atoms. The summed E-state index contributed by atoms with van der Waals surface area (Å²) in [5.41, 5.74) is 1.49. The smallest absolute Gasteiger partial charge is 0.417 e. The molecule has 2 aliphatic carbocycles. The van der Waals surface area contributed by atoms with Crippen LogP contribution in [0.1, 0.15) is 56.4 Å². The highest BCUT2D eigenvalue weighted by Crippen LogP contribution is 2.67. The van der Waals surface area contributed by atoms with Crippen LogP contribution in [0.4, 0.5) is 13.2 Å². The van der Waals surface area contributed by atoms with Crippen LogP contribution in [0.25, 0.3) is 11.3 Å². The lowest BCUT2D eigenvalue weighted by molar-refractivity contribution is -0.137. The van der Waals surface area contributed by atoms with E-state index in [4.69, 9.17) is 4.74 Å². The highest BCUT2D eigenvalue weighted by molar-refractivity contribution is 5.68. The lowest BCUT2D eigenvalue weighted by atomic mass is 9.70. The zero-order valence-electron chi connectivity index (χ0n) is 15.2.